The molecular weight excluding hydrogens is 190 g/mol. The van der Waals surface area contributed by atoms with E-state index in [1.807, 2.05) is 13.8 Å². The van der Waals surface area contributed by atoms with Gasteiger partial charge < -0.3 is 4.90 Å². The lowest BCUT2D eigenvalue weighted by molar-refractivity contribution is -0.148. The summed E-state index contributed by atoms with van der Waals surface area (Å²) in [7, 11) is 0. The maximum Gasteiger partial charge on any atom is 0.223 e. The fourth-order valence-electron chi connectivity index (χ4n) is 2.03. The van der Waals surface area contributed by atoms with Crippen molar-refractivity contribution in [1.82, 2.24) is 4.90 Å². The minimum absolute atomic E-state index is 0.134. The Hall–Kier alpha value is -0.860. The molecule has 0 saturated carbocycles. The van der Waals surface area contributed by atoms with Gasteiger partial charge in [-0.2, -0.15) is 0 Å². The number of carbonyl (C=O) groups excluding carboxylic acids is 2. The Morgan fingerprint density at radius 3 is 2.73 bits per heavy atom. The number of hydrogen-bond donors (Lipinski definition) is 0. The Kier molecular flexibility index (Phi) is 3.89. The molecule has 1 aliphatic rings. The van der Waals surface area contributed by atoms with Crippen LogP contribution in [0.5, 0.6) is 0 Å². The van der Waals surface area contributed by atoms with Crippen LogP contribution in [-0.4, -0.2) is 28.7 Å². The molecule has 1 saturated heterocycles. The molecule has 0 aromatic heterocycles. The Bertz CT molecular complexity index is 258. The van der Waals surface area contributed by atoms with E-state index in [4.69, 9.17) is 0 Å². The Balaban J connectivity index is 2.66. The van der Waals surface area contributed by atoms with E-state index in [2.05, 4.69) is 6.92 Å². The van der Waals surface area contributed by atoms with Crippen molar-refractivity contribution in [3.8, 4) is 0 Å². The van der Waals surface area contributed by atoms with Crippen molar-refractivity contribution >= 4 is 11.7 Å². The van der Waals surface area contributed by atoms with Gasteiger partial charge in [0.1, 0.15) is 0 Å². The van der Waals surface area contributed by atoms with E-state index in [0.29, 0.717) is 12.8 Å². The average molecular weight is 211 g/mol. The van der Waals surface area contributed by atoms with Crippen molar-refractivity contribution in [2.45, 2.75) is 58.4 Å². The molecule has 3 heteroatoms. The second-order valence-electron chi connectivity index (χ2n) is 4.73. The lowest BCUT2D eigenvalue weighted by atomic mass is 9.88. The van der Waals surface area contributed by atoms with Gasteiger partial charge in [-0.3, -0.25) is 9.59 Å². The Morgan fingerprint density at radius 2 is 2.13 bits per heavy atom. The summed E-state index contributed by atoms with van der Waals surface area (Å²) in [6.45, 7) is 6.53. The molecule has 0 N–H and O–H groups in total. The van der Waals surface area contributed by atoms with Crippen molar-refractivity contribution in [2.75, 3.05) is 6.54 Å². The highest BCUT2D eigenvalue weighted by Gasteiger charge is 2.39. The summed E-state index contributed by atoms with van der Waals surface area (Å²) in [5.74, 6) is 0.327. The van der Waals surface area contributed by atoms with Crippen LogP contribution in [-0.2, 0) is 9.59 Å². The van der Waals surface area contributed by atoms with Crippen molar-refractivity contribution in [3.63, 3.8) is 0 Å². The lowest BCUT2D eigenvalue weighted by Gasteiger charge is -2.41. The van der Waals surface area contributed by atoms with Crippen LogP contribution < -0.4 is 0 Å². The maximum absolute atomic E-state index is 11.9. The van der Waals surface area contributed by atoms with Gasteiger partial charge in [-0.25, -0.2) is 0 Å². The normalized spacial score (nSPS) is 20.5. The van der Waals surface area contributed by atoms with Crippen LogP contribution in [0, 0.1) is 0 Å². The predicted molar refractivity (Wildman–Crippen MR) is 59.6 cm³/mol. The van der Waals surface area contributed by atoms with E-state index < -0.39 is 5.54 Å². The number of amides is 1. The molecular formula is C12H21NO2. The number of unbranched alkanes of at least 4 members (excludes halogenated alkanes) is 1. The highest BCUT2D eigenvalue weighted by atomic mass is 16.2. The number of piperidine rings is 1. The van der Waals surface area contributed by atoms with Crippen LogP contribution in [0.1, 0.15) is 52.9 Å². The molecule has 15 heavy (non-hydrogen) atoms. The summed E-state index contributed by atoms with van der Waals surface area (Å²) in [6, 6.07) is 0. The van der Waals surface area contributed by atoms with E-state index in [1.54, 1.807) is 4.90 Å². The SMILES string of the molecule is CCCCC(=O)N1CCCC(=O)C1(C)C. The Labute approximate surface area is 91.8 Å². The van der Waals surface area contributed by atoms with Gasteiger partial charge in [0.25, 0.3) is 0 Å². The minimum atomic E-state index is -0.580. The molecule has 86 valence electrons. The molecule has 1 amide bonds. The van der Waals surface area contributed by atoms with Crippen LogP contribution in [0.15, 0.2) is 0 Å². The number of rotatable bonds is 3. The molecule has 0 spiro atoms. The van der Waals surface area contributed by atoms with Gasteiger partial charge >= 0.3 is 0 Å². The predicted octanol–water partition coefficient (Wildman–Crippen LogP) is 2.15. The third kappa shape index (κ3) is 2.58. The highest BCUT2D eigenvalue weighted by Crippen LogP contribution is 2.25. The van der Waals surface area contributed by atoms with Crippen LogP contribution in [0.4, 0.5) is 0 Å². The summed E-state index contributed by atoms with van der Waals surface area (Å²) in [4.78, 5) is 25.4. The van der Waals surface area contributed by atoms with E-state index in [1.165, 1.54) is 0 Å². The van der Waals surface area contributed by atoms with Gasteiger partial charge in [-0.1, -0.05) is 13.3 Å². The molecule has 0 aromatic rings. The fourth-order valence-corrected chi connectivity index (χ4v) is 2.03. The number of likely N-dealkylation sites (tertiary alicyclic amines) is 1. The van der Waals surface area contributed by atoms with Crippen molar-refractivity contribution in [3.05, 3.63) is 0 Å². The zero-order chi connectivity index (χ0) is 11.5. The highest BCUT2D eigenvalue weighted by molar-refractivity contribution is 5.93. The standard InChI is InChI=1S/C12H21NO2/c1-4-5-8-11(15)13-9-6-7-10(14)12(13,2)3/h4-9H2,1-3H3. The molecule has 0 atom stereocenters. The van der Waals surface area contributed by atoms with E-state index in [0.717, 1.165) is 25.8 Å². The van der Waals surface area contributed by atoms with Crippen molar-refractivity contribution in [1.29, 1.82) is 0 Å². The first-order valence-corrected chi connectivity index (χ1v) is 5.84. The topological polar surface area (TPSA) is 37.4 Å². The summed E-state index contributed by atoms with van der Waals surface area (Å²) in [6.07, 6.45) is 3.95. The van der Waals surface area contributed by atoms with Crippen LogP contribution in [0.2, 0.25) is 0 Å². The summed E-state index contributed by atoms with van der Waals surface area (Å²) >= 11 is 0. The van der Waals surface area contributed by atoms with Gasteiger partial charge in [0, 0.05) is 19.4 Å². The van der Waals surface area contributed by atoms with Crippen molar-refractivity contribution < 1.29 is 9.59 Å². The Morgan fingerprint density at radius 1 is 1.47 bits per heavy atom. The second kappa shape index (κ2) is 4.77. The monoisotopic (exact) mass is 211 g/mol. The molecule has 0 radical (unpaired) electrons. The van der Waals surface area contributed by atoms with Gasteiger partial charge in [0.05, 0.1) is 5.54 Å². The van der Waals surface area contributed by atoms with Gasteiger partial charge in [-0.05, 0) is 26.7 Å². The van der Waals surface area contributed by atoms with Crippen LogP contribution >= 0.6 is 0 Å². The quantitative estimate of drug-likeness (QED) is 0.717. The second-order valence-corrected chi connectivity index (χ2v) is 4.73. The number of carbonyl (C=O) groups is 2. The number of hydrogen-bond acceptors (Lipinski definition) is 2. The molecule has 1 aliphatic heterocycles. The molecule has 1 heterocycles. The molecule has 0 aromatic carbocycles. The van der Waals surface area contributed by atoms with Gasteiger partial charge in [0.15, 0.2) is 5.78 Å². The zero-order valence-corrected chi connectivity index (χ0v) is 10.0. The van der Waals surface area contributed by atoms with Crippen molar-refractivity contribution in [2.24, 2.45) is 0 Å². The third-order valence-corrected chi connectivity index (χ3v) is 3.19. The molecule has 1 rings (SSSR count). The molecule has 0 aliphatic carbocycles. The summed E-state index contributed by atoms with van der Waals surface area (Å²) < 4.78 is 0. The average Bonchev–Trinajstić information content (AvgIpc) is 2.18. The molecule has 0 unspecified atom stereocenters. The first kappa shape index (κ1) is 12.2. The lowest BCUT2D eigenvalue weighted by Crippen LogP contribution is -2.56. The largest absolute Gasteiger partial charge is 0.331 e. The van der Waals surface area contributed by atoms with E-state index in [9.17, 15) is 9.59 Å². The maximum atomic E-state index is 11.9. The summed E-state index contributed by atoms with van der Waals surface area (Å²) in [5, 5.41) is 0. The smallest absolute Gasteiger partial charge is 0.223 e. The first-order valence-electron chi connectivity index (χ1n) is 5.84. The van der Waals surface area contributed by atoms with Crippen LogP contribution in [0.25, 0.3) is 0 Å². The zero-order valence-electron chi connectivity index (χ0n) is 10.0. The molecule has 1 fully saturated rings. The van der Waals surface area contributed by atoms with E-state index >= 15 is 0 Å². The van der Waals surface area contributed by atoms with Gasteiger partial charge in [0.2, 0.25) is 5.91 Å². The number of nitrogens with zero attached hydrogens (tertiary/aromatic N) is 1. The van der Waals surface area contributed by atoms with E-state index in [-0.39, 0.29) is 11.7 Å². The third-order valence-electron chi connectivity index (χ3n) is 3.19. The number of Topliss-reactive ketones (excluding diaryl/α,β-unsaturated/α-hetero) is 1. The van der Waals surface area contributed by atoms with Crippen LogP contribution in [0.3, 0.4) is 0 Å². The fraction of sp³-hybridized carbons (Fsp3) is 0.833. The minimum Gasteiger partial charge on any atom is -0.331 e. The summed E-state index contributed by atoms with van der Waals surface area (Å²) in [5.41, 5.74) is -0.580. The first-order chi connectivity index (χ1) is 7.00. The molecule has 3 nitrogen and oxygen atoms in total. The number of ketones is 1. The molecule has 0 bridgehead atoms. The van der Waals surface area contributed by atoms with Gasteiger partial charge in [-0.15, -0.1) is 0 Å².